The minimum Gasteiger partial charge on any atom is -0.490 e. The molecule has 174 valence electrons. The summed E-state index contributed by atoms with van der Waals surface area (Å²) in [6.07, 6.45) is 0. The average Bonchev–Trinajstić information content (AvgIpc) is 2.78. The number of rotatable bonds is 9. The summed E-state index contributed by atoms with van der Waals surface area (Å²) in [4.78, 5) is 12.7. The molecule has 3 aromatic rings. The first-order valence-electron chi connectivity index (χ1n) is 10.0. The van der Waals surface area contributed by atoms with Gasteiger partial charge in [0, 0.05) is 11.3 Å². The fourth-order valence-corrected chi connectivity index (χ4v) is 4.38. The molecular formula is C23H22Cl2N2O5S. The zero-order valence-corrected chi connectivity index (χ0v) is 20.2. The molecule has 0 aromatic heterocycles. The minimum atomic E-state index is -3.91. The third kappa shape index (κ3) is 6.10. The fraction of sp³-hybridized carbons (Fsp3) is 0.174. The number of sulfonamides is 1. The molecule has 7 nitrogen and oxygen atoms in total. The average molecular weight is 509 g/mol. The zero-order chi connectivity index (χ0) is 24.0. The van der Waals surface area contributed by atoms with Crippen LogP contribution in [0.1, 0.15) is 24.2 Å². The first-order valence-corrected chi connectivity index (χ1v) is 12.3. The molecule has 1 amide bonds. The van der Waals surface area contributed by atoms with Crippen molar-refractivity contribution in [2.75, 3.05) is 23.3 Å². The number of anilines is 2. The highest BCUT2D eigenvalue weighted by Crippen LogP contribution is 2.31. The summed E-state index contributed by atoms with van der Waals surface area (Å²) < 4.78 is 38.8. The summed E-state index contributed by atoms with van der Waals surface area (Å²) in [5, 5.41) is 3.07. The van der Waals surface area contributed by atoms with Crippen LogP contribution in [0.5, 0.6) is 11.5 Å². The fourth-order valence-electron chi connectivity index (χ4n) is 2.90. The maximum atomic E-state index is 12.7. The summed E-state index contributed by atoms with van der Waals surface area (Å²) >= 11 is 12.0. The molecule has 0 atom stereocenters. The van der Waals surface area contributed by atoms with Gasteiger partial charge >= 0.3 is 0 Å². The molecule has 0 saturated heterocycles. The van der Waals surface area contributed by atoms with Crippen molar-refractivity contribution < 1.29 is 22.7 Å². The van der Waals surface area contributed by atoms with Gasteiger partial charge < -0.3 is 14.8 Å². The Bertz CT molecular complexity index is 1250. The van der Waals surface area contributed by atoms with Gasteiger partial charge in [0.15, 0.2) is 11.5 Å². The van der Waals surface area contributed by atoms with Gasteiger partial charge in [0.2, 0.25) is 0 Å². The lowest BCUT2D eigenvalue weighted by Gasteiger charge is -2.13. The Morgan fingerprint density at radius 1 is 0.909 bits per heavy atom. The van der Waals surface area contributed by atoms with E-state index in [0.717, 1.165) is 0 Å². The number of carbonyl (C=O) groups excluding carboxylic acids is 1. The van der Waals surface area contributed by atoms with Crippen molar-refractivity contribution in [3.63, 3.8) is 0 Å². The highest BCUT2D eigenvalue weighted by Gasteiger charge is 2.17. The molecule has 0 bridgehead atoms. The van der Waals surface area contributed by atoms with Gasteiger partial charge in [0.1, 0.15) is 0 Å². The lowest BCUT2D eigenvalue weighted by atomic mass is 10.2. The molecule has 0 aliphatic heterocycles. The predicted molar refractivity (Wildman–Crippen MR) is 130 cm³/mol. The largest absolute Gasteiger partial charge is 0.490 e. The second-order valence-electron chi connectivity index (χ2n) is 6.71. The lowest BCUT2D eigenvalue weighted by Crippen LogP contribution is -2.14. The van der Waals surface area contributed by atoms with Crippen LogP contribution in [0.2, 0.25) is 10.0 Å². The standard InChI is InChI=1S/C23H22Cl2N2O5S/c1-3-31-20-13-8-15(14-21(20)32-4-2)23(28)26-16-9-11-17(12-10-16)33(29,30)27-19-7-5-6-18(24)22(19)25/h5-14,27H,3-4H2,1-2H3,(H,26,28). The molecule has 0 aliphatic carbocycles. The SMILES string of the molecule is CCOc1ccc(C(=O)Nc2ccc(S(=O)(=O)Nc3cccc(Cl)c3Cl)cc2)cc1OCC. The second kappa shape index (κ2) is 10.8. The van der Waals surface area contributed by atoms with Gasteiger partial charge in [-0.1, -0.05) is 29.3 Å². The van der Waals surface area contributed by atoms with Crippen LogP contribution in [0.15, 0.2) is 65.6 Å². The summed E-state index contributed by atoms with van der Waals surface area (Å²) in [5.74, 6) is 0.649. The monoisotopic (exact) mass is 508 g/mol. The number of nitrogens with one attached hydrogen (secondary N) is 2. The topological polar surface area (TPSA) is 93.7 Å². The van der Waals surface area contributed by atoms with Crippen molar-refractivity contribution in [1.82, 2.24) is 0 Å². The first-order chi connectivity index (χ1) is 15.7. The number of benzene rings is 3. The number of halogens is 2. The molecule has 0 aliphatic rings. The van der Waals surface area contributed by atoms with E-state index in [9.17, 15) is 13.2 Å². The van der Waals surface area contributed by atoms with E-state index >= 15 is 0 Å². The van der Waals surface area contributed by atoms with Crippen molar-refractivity contribution in [3.05, 3.63) is 76.3 Å². The van der Waals surface area contributed by atoms with E-state index in [4.69, 9.17) is 32.7 Å². The van der Waals surface area contributed by atoms with E-state index in [0.29, 0.717) is 36.0 Å². The van der Waals surface area contributed by atoms with Gasteiger partial charge in [-0.25, -0.2) is 8.42 Å². The minimum absolute atomic E-state index is 0.00348. The molecule has 3 aromatic carbocycles. The van der Waals surface area contributed by atoms with Crippen LogP contribution in [0.3, 0.4) is 0 Å². The van der Waals surface area contributed by atoms with Crippen LogP contribution in [0, 0.1) is 0 Å². The van der Waals surface area contributed by atoms with E-state index in [1.54, 1.807) is 30.3 Å². The number of amides is 1. The highest BCUT2D eigenvalue weighted by atomic mass is 35.5. The summed E-state index contributed by atoms with van der Waals surface area (Å²) in [6.45, 7) is 4.60. The molecular weight excluding hydrogens is 487 g/mol. The first kappa shape index (κ1) is 24.7. The second-order valence-corrected chi connectivity index (χ2v) is 9.18. The van der Waals surface area contributed by atoms with Gasteiger partial charge in [0.05, 0.1) is 33.8 Å². The van der Waals surface area contributed by atoms with Crippen molar-refractivity contribution in [2.45, 2.75) is 18.7 Å². The summed E-state index contributed by atoms with van der Waals surface area (Å²) in [6, 6.07) is 15.3. The molecule has 0 unspecified atom stereocenters. The van der Waals surface area contributed by atoms with Crippen LogP contribution in [0.25, 0.3) is 0 Å². The number of hydrogen-bond donors (Lipinski definition) is 2. The normalized spacial score (nSPS) is 11.0. The van der Waals surface area contributed by atoms with E-state index in [1.807, 2.05) is 13.8 Å². The Morgan fingerprint density at radius 3 is 2.24 bits per heavy atom. The molecule has 0 heterocycles. The van der Waals surface area contributed by atoms with E-state index in [1.165, 1.54) is 30.3 Å². The van der Waals surface area contributed by atoms with Gasteiger partial charge in [-0.3, -0.25) is 9.52 Å². The smallest absolute Gasteiger partial charge is 0.261 e. The van der Waals surface area contributed by atoms with Gasteiger partial charge in [0.25, 0.3) is 15.9 Å². The van der Waals surface area contributed by atoms with Gasteiger partial charge in [-0.2, -0.15) is 0 Å². The van der Waals surface area contributed by atoms with Crippen LogP contribution >= 0.6 is 23.2 Å². The van der Waals surface area contributed by atoms with Crippen LogP contribution in [0.4, 0.5) is 11.4 Å². The maximum absolute atomic E-state index is 12.7. The molecule has 2 N–H and O–H groups in total. The quantitative estimate of drug-likeness (QED) is 0.378. The number of carbonyl (C=O) groups is 1. The Hall–Kier alpha value is -2.94. The highest BCUT2D eigenvalue weighted by molar-refractivity contribution is 7.92. The molecule has 0 saturated carbocycles. The van der Waals surface area contributed by atoms with E-state index < -0.39 is 10.0 Å². The third-order valence-electron chi connectivity index (χ3n) is 4.42. The van der Waals surface area contributed by atoms with Gasteiger partial charge in [-0.15, -0.1) is 0 Å². The lowest BCUT2D eigenvalue weighted by molar-refractivity contribution is 0.102. The van der Waals surface area contributed by atoms with Crippen LogP contribution in [-0.2, 0) is 10.0 Å². The molecule has 33 heavy (non-hydrogen) atoms. The Morgan fingerprint density at radius 2 is 1.58 bits per heavy atom. The van der Waals surface area contributed by atoms with Gasteiger partial charge in [-0.05, 0) is 68.4 Å². The third-order valence-corrected chi connectivity index (χ3v) is 6.62. The summed E-state index contributed by atoms with van der Waals surface area (Å²) in [5.41, 5.74) is 0.963. The Balaban J connectivity index is 1.74. The van der Waals surface area contributed by atoms with Crippen molar-refractivity contribution >= 4 is 50.5 Å². The number of ether oxygens (including phenoxy) is 2. The Labute approximate surface area is 202 Å². The molecule has 0 spiro atoms. The van der Waals surface area contributed by atoms with Crippen molar-refractivity contribution in [1.29, 1.82) is 0 Å². The zero-order valence-electron chi connectivity index (χ0n) is 17.9. The Kier molecular flexibility index (Phi) is 8.07. The molecule has 0 radical (unpaired) electrons. The predicted octanol–water partition coefficient (Wildman–Crippen LogP) is 5.84. The van der Waals surface area contributed by atoms with Crippen molar-refractivity contribution in [2.24, 2.45) is 0 Å². The van der Waals surface area contributed by atoms with E-state index in [-0.39, 0.29) is 26.5 Å². The molecule has 3 rings (SSSR count). The van der Waals surface area contributed by atoms with Crippen molar-refractivity contribution in [3.8, 4) is 11.5 Å². The van der Waals surface area contributed by atoms with Crippen LogP contribution in [-0.4, -0.2) is 27.5 Å². The molecule has 0 fully saturated rings. The maximum Gasteiger partial charge on any atom is 0.261 e. The number of hydrogen-bond acceptors (Lipinski definition) is 5. The molecule has 10 heteroatoms. The summed E-state index contributed by atoms with van der Waals surface area (Å²) in [7, 11) is -3.91. The van der Waals surface area contributed by atoms with E-state index in [2.05, 4.69) is 10.0 Å². The van der Waals surface area contributed by atoms with Crippen LogP contribution < -0.4 is 19.5 Å².